The van der Waals surface area contributed by atoms with Crippen LogP contribution in [0.2, 0.25) is 5.02 Å². The fraction of sp³-hybridized carbons (Fsp3) is 0.667. The lowest BCUT2D eigenvalue weighted by Gasteiger charge is -2.28. The number of nitrogens with one attached hydrogen (secondary N) is 1. The van der Waals surface area contributed by atoms with Gasteiger partial charge in [-0.2, -0.15) is 0 Å². The van der Waals surface area contributed by atoms with E-state index in [0.717, 1.165) is 31.5 Å². The Kier molecular flexibility index (Phi) is 11.3. The van der Waals surface area contributed by atoms with Crippen LogP contribution in [-0.4, -0.2) is 65.0 Å². The summed E-state index contributed by atoms with van der Waals surface area (Å²) in [7, 11) is 0. The summed E-state index contributed by atoms with van der Waals surface area (Å²) in [5, 5.41) is 12.8. The molecule has 1 aromatic rings. The number of aliphatic imine (C=N–C) groups is 1. The fourth-order valence-electron chi connectivity index (χ4n) is 4.67. The zero-order valence-corrected chi connectivity index (χ0v) is 22.5. The van der Waals surface area contributed by atoms with E-state index in [2.05, 4.69) is 24.2 Å². The molecule has 0 aliphatic carbocycles. The molecule has 1 saturated heterocycles. The van der Waals surface area contributed by atoms with Gasteiger partial charge in [-0.15, -0.1) is 0 Å². The third-order valence-corrected chi connectivity index (χ3v) is 7.11. The summed E-state index contributed by atoms with van der Waals surface area (Å²) in [6.45, 7) is 6.53. The van der Waals surface area contributed by atoms with Crippen LogP contribution < -0.4 is 10.1 Å². The molecule has 0 bridgehead atoms. The Balaban J connectivity index is 1.54. The molecule has 0 radical (unpaired) electrons. The van der Waals surface area contributed by atoms with E-state index < -0.39 is 6.04 Å². The predicted octanol–water partition coefficient (Wildman–Crippen LogP) is 4.78. The van der Waals surface area contributed by atoms with E-state index in [1.165, 1.54) is 38.5 Å². The smallest absolute Gasteiger partial charge is 0.251 e. The van der Waals surface area contributed by atoms with Gasteiger partial charge in [-0.25, -0.2) is 4.99 Å². The number of carbonyl (C=O) groups is 2. The van der Waals surface area contributed by atoms with Crippen molar-refractivity contribution in [2.75, 3.05) is 26.3 Å². The highest BCUT2D eigenvalue weighted by Gasteiger charge is 2.39. The van der Waals surface area contributed by atoms with Gasteiger partial charge < -0.3 is 19.6 Å². The molecule has 3 rings (SSSR count). The first-order valence-corrected chi connectivity index (χ1v) is 13.9. The molecule has 36 heavy (non-hydrogen) atoms. The zero-order chi connectivity index (χ0) is 25.9. The average Bonchev–Trinajstić information content (AvgIpc) is 3.19. The van der Waals surface area contributed by atoms with E-state index in [0.29, 0.717) is 48.4 Å². The lowest BCUT2D eigenvalue weighted by molar-refractivity contribution is -0.131. The van der Waals surface area contributed by atoms with Gasteiger partial charge in [-0.1, -0.05) is 64.0 Å². The maximum atomic E-state index is 13.0. The van der Waals surface area contributed by atoms with Crippen molar-refractivity contribution in [1.82, 2.24) is 15.1 Å². The molecular weight excluding hydrogens is 480 g/mol. The summed E-state index contributed by atoms with van der Waals surface area (Å²) in [6.07, 6.45) is 10.3. The minimum Gasteiger partial charge on any atom is -0.493 e. The second kappa shape index (κ2) is 14.4. The van der Waals surface area contributed by atoms with Crippen LogP contribution in [0.3, 0.4) is 0 Å². The van der Waals surface area contributed by atoms with Gasteiger partial charge in [0.05, 0.1) is 30.5 Å². The largest absolute Gasteiger partial charge is 0.493 e. The standard InChI is InChI=1S/C27H41ClN4O4/c1-3-5-7-9-15-31(16-10-8-6-4-2)24(34)12-11-17-36-23-14-13-21(28)25-20(23)18-32-22(19-33)26(35)30-27(32)29-25/h13-14,22,33H,3-12,15-19H2,1-2H3,(H,29,30,35). The molecule has 9 heteroatoms. The van der Waals surface area contributed by atoms with Crippen molar-refractivity contribution in [3.63, 3.8) is 0 Å². The van der Waals surface area contributed by atoms with Crippen LogP contribution >= 0.6 is 11.6 Å². The van der Waals surface area contributed by atoms with Gasteiger partial charge >= 0.3 is 0 Å². The van der Waals surface area contributed by atoms with Crippen LogP contribution in [0.4, 0.5) is 5.69 Å². The summed E-state index contributed by atoms with van der Waals surface area (Å²) >= 11 is 6.38. The second-order valence-corrected chi connectivity index (χ2v) is 9.98. The number of carbonyl (C=O) groups excluding carboxylic acids is 2. The third kappa shape index (κ3) is 7.35. The van der Waals surface area contributed by atoms with Gasteiger partial charge in [0.25, 0.3) is 5.91 Å². The molecular formula is C27H41ClN4O4. The van der Waals surface area contributed by atoms with Crippen molar-refractivity contribution in [2.45, 2.75) is 90.6 Å². The first-order valence-electron chi connectivity index (χ1n) is 13.5. The summed E-state index contributed by atoms with van der Waals surface area (Å²) < 4.78 is 6.07. The molecule has 0 spiro atoms. The van der Waals surface area contributed by atoms with E-state index in [-0.39, 0.29) is 18.4 Å². The van der Waals surface area contributed by atoms with E-state index in [4.69, 9.17) is 16.3 Å². The van der Waals surface area contributed by atoms with Gasteiger partial charge in [0.15, 0.2) is 0 Å². The first-order chi connectivity index (χ1) is 17.5. The SMILES string of the molecule is CCCCCCN(CCCCCC)C(=O)CCCOc1ccc(Cl)c2c1CN1C(=N2)NC(=O)C1CO. The molecule has 0 saturated carbocycles. The van der Waals surface area contributed by atoms with Crippen molar-refractivity contribution in [3.05, 3.63) is 22.7 Å². The molecule has 2 amide bonds. The van der Waals surface area contributed by atoms with Crippen molar-refractivity contribution in [3.8, 4) is 5.75 Å². The van der Waals surface area contributed by atoms with E-state index in [9.17, 15) is 14.7 Å². The summed E-state index contributed by atoms with van der Waals surface area (Å²) in [5.41, 5.74) is 1.35. The molecule has 2 aliphatic rings. The molecule has 1 fully saturated rings. The minimum absolute atomic E-state index is 0.200. The normalized spacial score (nSPS) is 16.3. The molecule has 0 aromatic heterocycles. The second-order valence-electron chi connectivity index (χ2n) is 9.58. The van der Waals surface area contributed by atoms with E-state index in [1.54, 1.807) is 17.0 Å². The Bertz CT molecular complexity index is 911. The number of nitrogens with zero attached hydrogens (tertiary/aromatic N) is 3. The number of hydrogen-bond acceptors (Lipinski definition) is 6. The lowest BCUT2D eigenvalue weighted by Crippen LogP contribution is -2.39. The summed E-state index contributed by atoms with van der Waals surface area (Å²) in [5.74, 6) is 0.951. The quantitative estimate of drug-likeness (QED) is 0.306. The number of ether oxygens (including phenoxy) is 1. The van der Waals surface area contributed by atoms with Crippen LogP contribution in [-0.2, 0) is 16.1 Å². The number of rotatable bonds is 16. The zero-order valence-electron chi connectivity index (χ0n) is 21.7. The van der Waals surface area contributed by atoms with Crippen LogP contribution in [0.5, 0.6) is 5.75 Å². The van der Waals surface area contributed by atoms with Crippen LogP contribution in [0, 0.1) is 0 Å². The highest BCUT2D eigenvalue weighted by Crippen LogP contribution is 2.40. The number of halogens is 1. The number of aliphatic hydroxyl groups excluding tert-OH is 1. The van der Waals surface area contributed by atoms with Crippen molar-refractivity contribution < 1.29 is 19.4 Å². The highest BCUT2D eigenvalue weighted by molar-refractivity contribution is 6.33. The number of hydrogen-bond donors (Lipinski definition) is 2. The molecule has 1 unspecified atom stereocenters. The number of guanidine groups is 1. The Morgan fingerprint density at radius 2 is 1.83 bits per heavy atom. The number of aliphatic hydroxyl groups is 1. The molecule has 1 aromatic carbocycles. The Morgan fingerprint density at radius 1 is 1.14 bits per heavy atom. The Labute approximate surface area is 220 Å². The van der Waals surface area contributed by atoms with Crippen LogP contribution in [0.15, 0.2) is 17.1 Å². The first kappa shape index (κ1) is 28.3. The van der Waals surface area contributed by atoms with Gasteiger partial charge in [-0.3, -0.25) is 14.9 Å². The molecule has 2 aliphatic heterocycles. The van der Waals surface area contributed by atoms with E-state index in [1.807, 2.05) is 4.90 Å². The molecule has 2 N–H and O–H groups in total. The summed E-state index contributed by atoms with van der Waals surface area (Å²) in [6, 6.07) is 2.85. The molecule has 1 atom stereocenters. The van der Waals surface area contributed by atoms with Gasteiger partial charge in [-0.05, 0) is 31.4 Å². The predicted molar refractivity (Wildman–Crippen MR) is 143 cm³/mol. The molecule has 2 heterocycles. The maximum absolute atomic E-state index is 13.0. The van der Waals surface area contributed by atoms with E-state index >= 15 is 0 Å². The van der Waals surface area contributed by atoms with Crippen LogP contribution in [0.1, 0.15) is 83.6 Å². The number of benzene rings is 1. The Hall–Kier alpha value is -2.32. The molecule has 200 valence electrons. The monoisotopic (exact) mass is 520 g/mol. The van der Waals surface area contributed by atoms with Crippen molar-refractivity contribution in [1.29, 1.82) is 0 Å². The minimum atomic E-state index is -0.679. The topological polar surface area (TPSA) is 94.5 Å². The fourth-order valence-corrected chi connectivity index (χ4v) is 4.89. The third-order valence-electron chi connectivity index (χ3n) is 6.80. The van der Waals surface area contributed by atoms with Crippen LogP contribution in [0.25, 0.3) is 0 Å². The van der Waals surface area contributed by atoms with Crippen molar-refractivity contribution >= 4 is 35.1 Å². The van der Waals surface area contributed by atoms with Gasteiger partial charge in [0.2, 0.25) is 11.9 Å². The lowest BCUT2D eigenvalue weighted by atomic mass is 10.1. The maximum Gasteiger partial charge on any atom is 0.251 e. The van der Waals surface area contributed by atoms with Gasteiger partial charge in [0, 0.05) is 25.1 Å². The number of amides is 2. The Morgan fingerprint density at radius 3 is 2.47 bits per heavy atom. The summed E-state index contributed by atoms with van der Waals surface area (Å²) in [4.78, 5) is 33.3. The van der Waals surface area contributed by atoms with Crippen molar-refractivity contribution in [2.24, 2.45) is 4.99 Å². The average molecular weight is 521 g/mol. The highest BCUT2D eigenvalue weighted by atomic mass is 35.5. The number of fused-ring (bicyclic) bond motifs is 2. The molecule has 8 nitrogen and oxygen atoms in total. The van der Waals surface area contributed by atoms with Gasteiger partial charge in [0.1, 0.15) is 11.8 Å². The number of unbranched alkanes of at least 4 members (excludes halogenated alkanes) is 6.